The fraction of sp³-hybridized carbons (Fsp3) is 0.115. The van der Waals surface area contributed by atoms with E-state index in [0.29, 0.717) is 27.6 Å². The topological polar surface area (TPSA) is 121 Å². The van der Waals surface area contributed by atoms with Crippen molar-refractivity contribution in [2.75, 3.05) is 13.7 Å². The van der Waals surface area contributed by atoms with Gasteiger partial charge in [-0.05, 0) is 42.0 Å². The molecule has 3 aromatic carbocycles. The molecule has 0 saturated heterocycles. The highest BCUT2D eigenvalue weighted by Gasteiger charge is 2.31. The first-order chi connectivity index (χ1) is 16.9. The SMILES string of the molecule is COC(=O)c1ccc(C2C(C#N)=C(N)Oc3cc(OC(=O)COc4cccc(Cl)c4)ccc32)cc1. The molecule has 1 atom stereocenters. The largest absolute Gasteiger partial charge is 0.482 e. The summed E-state index contributed by atoms with van der Waals surface area (Å²) in [6.07, 6.45) is 0. The molecule has 35 heavy (non-hydrogen) atoms. The van der Waals surface area contributed by atoms with E-state index >= 15 is 0 Å². The average molecular weight is 491 g/mol. The predicted molar refractivity (Wildman–Crippen MR) is 126 cm³/mol. The van der Waals surface area contributed by atoms with E-state index in [-0.39, 0.29) is 23.8 Å². The Morgan fingerprint density at radius 2 is 1.86 bits per heavy atom. The fourth-order valence-electron chi connectivity index (χ4n) is 3.63. The maximum absolute atomic E-state index is 12.3. The third kappa shape index (κ3) is 5.21. The number of nitriles is 1. The lowest BCUT2D eigenvalue weighted by atomic mass is 9.83. The van der Waals surface area contributed by atoms with Crippen molar-refractivity contribution in [2.24, 2.45) is 5.73 Å². The number of carbonyl (C=O) groups is 2. The minimum absolute atomic E-state index is 0.0604. The van der Waals surface area contributed by atoms with Gasteiger partial charge in [0.15, 0.2) is 6.61 Å². The van der Waals surface area contributed by atoms with Crippen LogP contribution in [0.15, 0.2) is 78.2 Å². The Morgan fingerprint density at radius 1 is 1.09 bits per heavy atom. The van der Waals surface area contributed by atoms with E-state index in [1.807, 2.05) is 0 Å². The average Bonchev–Trinajstić information content (AvgIpc) is 2.86. The Hall–Kier alpha value is -4.48. The molecule has 1 aliphatic heterocycles. The van der Waals surface area contributed by atoms with Crippen molar-refractivity contribution in [3.05, 3.63) is 99.9 Å². The Bertz CT molecular complexity index is 1360. The highest BCUT2D eigenvalue weighted by molar-refractivity contribution is 6.30. The standard InChI is InChI=1S/C26H19ClN2O6/c1-32-26(31)16-7-5-15(6-8-16)24-20-10-9-19(12-22(20)35-25(29)21(24)13-28)34-23(30)14-33-18-4-2-3-17(27)11-18/h2-12,24H,14,29H2,1H3. The van der Waals surface area contributed by atoms with Crippen molar-refractivity contribution in [2.45, 2.75) is 5.92 Å². The lowest BCUT2D eigenvalue weighted by Crippen LogP contribution is -2.21. The number of hydrogen-bond donors (Lipinski definition) is 1. The summed E-state index contributed by atoms with van der Waals surface area (Å²) >= 11 is 5.91. The molecule has 0 fully saturated rings. The number of methoxy groups -OCH3 is 1. The molecule has 4 rings (SSSR count). The van der Waals surface area contributed by atoms with Gasteiger partial charge in [-0.25, -0.2) is 9.59 Å². The molecule has 1 unspecified atom stereocenters. The van der Waals surface area contributed by atoms with Gasteiger partial charge >= 0.3 is 11.9 Å². The minimum Gasteiger partial charge on any atom is -0.482 e. The van der Waals surface area contributed by atoms with E-state index in [9.17, 15) is 14.9 Å². The van der Waals surface area contributed by atoms with Crippen LogP contribution in [0, 0.1) is 11.3 Å². The fourth-order valence-corrected chi connectivity index (χ4v) is 3.81. The van der Waals surface area contributed by atoms with E-state index in [1.165, 1.54) is 13.2 Å². The maximum atomic E-state index is 12.3. The molecule has 176 valence electrons. The quantitative estimate of drug-likeness (QED) is 0.400. The number of nitrogens with zero attached hydrogens (tertiary/aromatic N) is 1. The van der Waals surface area contributed by atoms with Crippen LogP contribution in [-0.4, -0.2) is 25.7 Å². The molecule has 9 heteroatoms. The van der Waals surface area contributed by atoms with Crippen molar-refractivity contribution in [1.29, 1.82) is 5.26 Å². The first-order valence-electron chi connectivity index (χ1n) is 10.4. The van der Waals surface area contributed by atoms with Gasteiger partial charge in [-0.2, -0.15) is 5.26 Å². The van der Waals surface area contributed by atoms with Crippen LogP contribution in [0.2, 0.25) is 5.02 Å². The normalized spacial score (nSPS) is 14.3. The highest BCUT2D eigenvalue weighted by atomic mass is 35.5. The molecular weight excluding hydrogens is 472 g/mol. The molecule has 1 heterocycles. The number of esters is 2. The van der Waals surface area contributed by atoms with Crippen LogP contribution in [0.3, 0.4) is 0 Å². The Balaban J connectivity index is 1.55. The smallest absolute Gasteiger partial charge is 0.349 e. The van der Waals surface area contributed by atoms with Gasteiger partial charge in [-0.3, -0.25) is 0 Å². The highest BCUT2D eigenvalue weighted by Crippen LogP contribution is 2.43. The number of allylic oxidation sites excluding steroid dienone is 1. The van der Waals surface area contributed by atoms with E-state index in [1.54, 1.807) is 60.7 Å². The lowest BCUT2D eigenvalue weighted by molar-refractivity contribution is -0.136. The number of fused-ring (bicyclic) bond motifs is 1. The molecule has 0 radical (unpaired) electrons. The molecule has 3 aromatic rings. The monoisotopic (exact) mass is 490 g/mol. The molecule has 0 bridgehead atoms. The summed E-state index contributed by atoms with van der Waals surface area (Å²) in [5.41, 5.74) is 8.00. The van der Waals surface area contributed by atoms with Crippen LogP contribution in [0.25, 0.3) is 0 Å². The third-order valence-electron chi connectivity index (χ3n) is 5.24. The number of rotatable bonds is 6. The Labute approximate surface area is 206 Å². The van der Waals surface area contributed by atoms with Crippen LogP contribution in [0.5, 0.6) is 17.2 Å². The molecular formula is C26H19ClN2O6. The predicted octanol–water partition coefficient (Wildman–Crippen LogP) is 4.33. The Kier molecular flexibility index (Phi) is 6.90. The third-order valence-corrected chi connectivity index (χ3v) is 5.48. The van der Waals surface area contributed by atoms with Crippen molar-refractivity contribution >= 4 is 23.5 Å². The number of carbonyl (C=O) groups excluding carboxylic acids is 2. The molecule has 0 aromatic heterocycles. The van der Waals surface area contributed by atoms with Gasteiger partial charge in [0.2, 0.25) is 5.88 Å². The zero-order chi connectivity index (χ0) is 24.9. The molecule has 2 N–H and O–H groups in total. The first-order valence-corrected chi connectivity index (χ1v) is 10.8. The van der Waals surface area contributed by atoms with Gasteiger partial charge in [-0.15, -0.1) is 0 Å². The van der Waals surface area contributed by atoms with E-state index in [4.69, 9.17) is 36.3 Å². The lowest BCUT2D eigenvalue weighted by Gasteiger charge is -2.26. The first kappa shape index (κ1) is 23.7. The second-order valence-corrected chi connectivity index (χ2v) is 7.89. The number of ether oxygens (including phenoxy) is 4. The molecule has 0 amide bonds. The van der Waals surface area contributed by atoms with Crippen LogP contribution >= 0.6 is 11.6 Å². The number of hydrogen-bond acceptors (Lipinski definition) is 8. The van der Waals surface area contributed by atoms with Crippen molar-refractivity contribution in [3.63, 3.8) is 0 Å². The van der Waals surface area contributed by atoms with Crippen LogP contribution in [0.4, 0.5) is 0 Å². The number of halogens is 1. The maximum Gasteiger partial charge on any atom is 0.349 e. The summed E-state index contributed by atoms with van der Waals surface area (Å²) in [5, 5.41) is 10.2. The molecule has 1 aliphatic rings. The van der Waals surface area contributed by atoms with Gasteiger partial charge in [0, 0.05) is 16.7 Å². The van der Waals surface area contributed by atoms with E-state index < -0.39 is 17.9 Å². The Morgan fingerprint density at radius 3 is 2.54 bits per heavy atom. The number of benzene rings is 3. The van der Waals surface area contributed by atoms with Gasteiger partial charge in [0.25, 0.3) is 0 Å². The van der Waals surface area contributed by atoms with Gasteiger partial charge in [0.05, 0.1) is 18.6 Å². The number of nitrogens with two attached hydrogens (primary N) is 1. The summed E-state index contributed by atoms with van der Waals surface area (Å²) in [7, 11) is 1.30. The summed E-state index contributed by atoms with van der Waals surface area (Å²) < 4.78 is 21.2. The van der Waals surface area contributed by atoms with Crippen molar-refractivity contribution in [1.82, 2.24) is 0 Å². The van der Waals surface area contributed by atoms with Gasteiger partial charge < -0.3 is 24.7 Å². The second-order valence-electron chi connectivity index (χ2n) is 7.46. The molecule has 8 nitrogen and oxygen atoms in total. The summed E-state index contributed by atoms with van der Waals surface area (Å²) in [4.78, 5) is 24.0. The minimum atomic E-state index is -0.628. The van der Waals surface area contributed by atoms with E-state index in [0.717, 1.165) is 5.56 Å². The zero-order valence-corrected chi connectivity index (χ0v) is 19.2. The van der Waals surface area contributed by atoms with Gasteiger partial charge in [-0.1, -0.05) is 35.9 Å². The summed E-state index contributed by atoms with van der Waals surface area (Å²) in [6.45, 7) is -0.325. The summed E-state index contributed by atoms with van der Waals surface area (Å²) in [6, 6.07) is 20.2. The van der Waals surface area contributed by atoms with E-state index in [2.05, 4.69) is 6.07 Å². The molecule has 0 aliphatic carbocycles. The zero-order valence-electron chi connectivity index (χ0n) is 18.5. The van der Waals surface area contributed by atoms with Crippen LogP contribution < -0.4 is 19.9 Å². The second kappa shape index (κ2) is 10.2. The summed E-state index contributed by atoms with van der Waals surface area (Å²) in [5.74, 6) is -0.698. The van der Waals surface area contributed by atoms with Crippen LogP contribution in [0.1, 0.15) is 27.4 Å². The van der Waals surface area contributed by atoms with Crippen LogP contribution in [-0.2, 0) is 9.53 Å². The van der Waals surface area contributed by atoms with Crippen molar-refractivity contribution in [3.8, 4) is 23.3 Å². The van der Waals surface area contributed by atoms with Crippen molar-refractivity contribution < 1.29 is 28.5 Å². The molecule has 0 saturated carbocycles. The van der Waals surface area contributed by atoms with Gasteiger partial charge in [0.1, 0.15) is 28.9 Å². The molecule has 0 spiro atoms.